The first kappa shape index (κ1) is 39.0. The third-order valence-electron chi connectivity index (χ3n) is 10.8. The zero-order chi connectivity index (χ0) is 39.8. The second-order valence-corrected chi connectivity index (χ2v) is 15.8. The van der Waals surface area contributed by atoms with E-state index in [2.05, 4.69) is 50.2 Å². The number of nitrogens with one attached hydrogen (secondary N) is 2. The predicted octanol–water partition coefficient (Wildman–Crippen LogP) is 1.57. The number of rotatable bonds is 7. The van der Waals surface area contributed by atoms with E-state index in [1.54, 1.807) is 14.1 Å². The third kappa shape index (κ3) is 7.37. The van der Waals surface area contributed by atoms with E-state index in [0.717, 1.165) is 82.4 Å². The van der Waals surface area contributed by atoms with Gasteiger partial charge in [0.2, 0.25) is 11.9 Å². The summed E-state index contributed by atoms with van der Waals surface area (Å²) in [5.74, 6) is 1.96. The van der Waals surface area contributed by atoms with E-state index in [0.29, 0.717) is 47.4 Å². The normalized spacial score (nSPS) is 16.2. The minimum Gasteiger partial charge on any atom is -0.340 e. The summed E-state index contributed by atoms with van der Waals surface area (Å²) in [5, 5.41) is 6.89. The maximum Gasteiger partial charge on any atom is 0.332 e. The maximum absolute atomic E-state index is 13.0. The highest BCUT2D eigenvalue weighted by atomic mass is 79.9. The van der Waals surface area contributed by atoms with Crippen LogP contribution >= 0.6 is 15.9 Å². The molecule has 6 heterocycles. The molecule has 2 saturated heterocycles. The van der Waals surface area contributed by atoms with E-state index in [9.17, 15) is 19.2 Å². The summed E-state index contributed by atoms with van der Waals surface area (Å²) in [6, 6.07) is 18.4. The van der Waals surface area contributed by atoms with Gasteiger partial charge in [0.25, 0.3) is 11.1 Å². The number of anilines is 2. The van der Waals surface area contributed by atoms with Crippen LogP contribution in [-0.2, 0) is 41.3 Å². The van der Waals surface area contributed by atoms with Gasteiger partial charge in [-0.15, -0.1) is 0 Å². The Hall–Kier alpha value is -5.26. The molecule has 0 aliphatic carbocycles. The number of fused-ring (bicyclic) bond motifs is 2. The molecule has 2 N–H and O–H groups in total. The molecule has 2 aromatic carbocycles. The number of halogens is 1. The number of hydrogen-bond acceptors (Lipinski definition) is 10. The molecule has 8 rings (SSSR count). The molecule has 296 valence electrons. The molecule has 0 amide bonds. The summed E-state index contributed by atoms with van der Waals surface area (Å²) >= 11 is 3.50. The van der Waals surface area contributed by atoms with E-state index < -0.39 is 0 Å². The van der Waals surface area contributed by atoms with Gasteiger partial charge in [0, 0.05) is 84.5 Å². The van der Waals surface area contributed by atoms with Gasteiger partial charge in [0.15, 0.2) is 22.3 Å². The lowest BCUT2D eigenvalue weighted by atomic mass is 10.0. The fourth-order valence-corrected chi connectivity index (χ4v) is 7.95. The number of hydrogen-bond donors (Lipinski definition) is 2. The van der Waals surface area contributed by atoms with Gasteiger partial charge in [-0.05, 0) is 29.2 Å². The Balaban J connectivity index is 0.000000172. The average Bonchev–Trinajstić information content (AvgIpc) is 3.78. The number of benzene rings is 2. The summed E-state index contributed by atoms with van der Waals surface area (Å²) in [4.78, 5) is 64.7. The van der Waals surface area contributed by atoms with Crippen molar-refractivity contribution in [2.75, 3.05) is 55.6 Å². The molecular formula is C39H49BrN12O4. The zero-order valence-corrected chi connectivity index (χ0v) is 34.3. The maximum atomic E-state index is 13.0. The second-order valence-electron chi connectivity index (χ2n) is 14.9. The van der Waals surface area contributed by atoms with Crippen LogP contribution in [0, 0.1) is 5.92 Å². The van der Waals surface area contributed by atoms with Crippen molar-refractivity contribution in [3.63, 3.8) is 0 Å². The van der Waals surface area contributed by atoms with E-state index in [-0.39, 0.29) is 22.5 Å². The molecule has 6 aromatic rings. The zero-order valence-electron chi connectivity index (χ0n) is 32.7. The van der Waals surface area contributed by atoms with Crippen molar-refractivity contribution in [2.45, 2.75) is 33.0 Å². The van der Waals surface area contributed by atoms with Crippen LogP contribution < -0.4 is 42.9 Å². The van der Waals surface area contributed by atoms with Gasteiger partial charge < -0.3 is 20.4 Å². The van der Waals surface area contributed by atoms with E-state index in [1.807, 2.05) is 63.7 Å². The number of piperazine rings is 2. The molecular weight excluding hydrogens is 780 g/mol. The smallest absolute Gasteiger partial charge is 0.332 e. The Labute approximate surface area is 331 Å². The van der Waals surface area contributed by atoms with Gasteiger partial charge in [-0.3, -0.25) is 37.0 Å². The predicted molar refractivity (Wildman–Crippen MR) is 223 cm³/mol. The largest absolute Gasteiger partial charge is 0.340 e. The topological polar surface area (TPSA) is 154 Å². The summed E-state index contributed by atoms with van der Waals surface area (Å²) in [7, 11) is 6.35. The molecule has 56 heavy (non-hydrogen) atoms. The van der Waals surface area contributed by atoms with Gasteiger partial charge in [-0.2, -0.15) is 9.97 Å². The number of aromatic nitrogens is 8. The second kappa shape index (κ2) is 16.1. The van der Waals surface area contributed by atoms with Crippen molar-refractivity contribution in [2.24, 2.45) is 34.1 Å². The summed E-state index contributed by atoms with van der Waals surface area (Å²) < 4.78 is 10.1. The van der Waals surface area contributed by atoms with Crippen molar-refractivity contribution < 1.29 is 0 Å². The lowest BCUT2D eigenvalue weighted by Crippen LogP contribution is -2.53. The standard InChI is InChI=1S/C21H28N6O2.C18H21BrN6O2/c1-14(2)16-13-26(11-10-22-16)20-23-18-17(19(28)25(4)21(29)24(18)3)27(20)12-15-8-6-5-7-9-15;1-22-15-14(16(26)23(2)18(22)27)25(11-12-4-3-5-13(19)10-12)17(21-15)24-8-6-20-7-9-24/h5-9,14,16,22H,10-13H2,1-4H3;3-5,10,20H,6-9,11H2,1-2H3. The van der Waals surface area contributed by atoms with E-state index >= 15 is 0 Å². The third-order valence-corrected chi connectivity index (χ3v) is 11.3. The SMILES string of the molecule is CC(C)C1CN(c2nc3c(c(=O)n(C)c(=O)n3C)n2Cc2ccccc2)CCN1.Cn1c(=O)c2c(nc(N3CCNCC3)n2Cc2cccc(Br)c2)n(C)c1=O. The van der Waals surface area contributed by atoms with E-state index in [4.69, 9.17) is 9.97 Å². The van der Waals surface area contributed by atoms with Gasteiger partial charge in [0.1, 0.15) is 0 Å². The number of nitrogens with zero attached hydrogens (tertiary/aromatic N) is 10. The molecule has 4 aromatic heterocycles. The Bertz CT molecular complexity index is 2630. The Morgan fingerprint density at radius 3 is 1.75 bits per heavy atom. The number of aryl methyl sites for hydroxylation is 2. The molecule has 1 unspecified atom stereocenters. The molecule has 16 nitrogen and oxygen atoms in total. The fraction of sp³-hybridized carbons (Fsp3) is 0.436. The van der Waals surface area contributed by atoms with Crippen molar-refractivity contribution in [1.29, 1.82) is 0 Å². The molecule has 0 radical (unpaired) electrons. The van der Waals surface area contributed by atoms with Crippen molar-refractivity contribution in [3.05, 3.63) is 112 Å². The van der Waals surface area contributed by atoms with Crippen molar-refractivity contribution in [1.82, 2.24) is 48.0 Å². The summed E-state index contributed by atoms with van der Waals surface area (Å²) in [5.41, 5.74) is 2.54. The van der Waals surface area contributed by atoms with Gasteiger partial charge >= 0.3 is 11.4 Å². The average molecular weight is 830 g/mol. The highest BCUT2D eigenvalue weighted by Crippen LogP contribution is 2.25. The van der Waals surface area contributed by atoms with E-state index in [1.165, 1.54) is 23.2 Å². The molecule has 1 atom stereocenters. The summed E-state index contributed by atoms with van der Waals surface area (Å²) in [6.07, 6.45) is 0. The van der Waals surface area contributed by atoms with Crippen LogP contribution in [0.5, 0.6) is 0 Å². The lowest BCUT2D eigenvalue weighted by molar-refractivity contribution is 0.365. The Morgan fingerprint density at radius 2 is 1.20 bits per heavy atom. The van der Waals surface area contributed by atoms with Crippen LogP contribution in [-0.4, -0.2) is 89.2 Å². The van der Waals surface area contributed by atoms with Gasteiger partial charge in [-0.1, -0.05) is 72.2 Å². The molecule has 0 bridgehead atoms. The van der Waals surface area contributed by atoms with Crippen LogP contribution in [0.4, 0.5) is 11.9 Å². The summed E-state index contributed by atoms with van der Waals surface area (Å²) in [6.45, 7) is 11.2. The first-order chi connectivity index (χ1) is 26.8. The molecule has 2 fully saturated rings. The lowest BCUT2D eigenvalue weighted by Gasteiger charge is -2.36. The molecule has 2 aliphatic heterocycles. The fourth-order valence-electron chi connectivity index (χ4n) is 7.51. The van der Waals surface area contributed by atoms with Gasteiger partial charge in [0.05, 0.1) is 13.1 Å². The molecule has 17 heteroatoms. The highest BCUT2D eigenvalue weighted by molar-refractivity contribution is 9.10. The minimum absolute atomic E-state index is 0.312. The first-order valence-corrected chi connectivity index (χ1v) is 19.7. The Morgan fingerprint density at radius 1 is 0.679 bits per heavy atom. The quantitative estimate of drug-likeness (QED) is 0.243. The van der Waals surface area contributed by atoms with Crippen LogP contribution in [0.25, 0.3) is 22.3 Å². The highest BCUT2D eigenvalue weighted by Gasteiger charge is 2.28. The molecule has 0 saturated carbocycles. The van der Waals surface area contributed by atoms with Crippen LogP contribution in [0.1, 0.15) is 25.0 Å². The van der Waals surface area contributed by atoms with Crippen molar-refractivity contribution >= 4 is 50.2 Å². The molecule has 0 spiro atoms. The van der Waals surface area contributed by atoms with Crippen LogP contribution in [0.2, 0.25) is 0 Å². The monoisotopic (exact) mass is 828 g/mol. The van der Waals surface area contributed by atoms with Crippen LogP contribution in [0.15, 0.2) is 78.2 Å². The number of imidazole rings is 2. The van der Waals surface area contributed by atoms with Crippen LogP contribution in [0.3, 0.4) is 0 Å². The van der Waals surface area contributed by atoms with Gasteiger partial charge in [-0.25, -0.2) is 9.59 Å². The first-order valence-electron chi connectivity index (χ1n) is 18.9. The Kier molecular flexibility index (Phi) is 11.2. The molecule has 2 aliphatic rings. The minimum atomic E-state index is -0.369. The van der Waals surface area contributed by atoms with Crippen molar-refractivity contribution in [3.8, 4) is 0 Å².